The van der Waals surface area contributed by atoms with Crippen molar-refractivity contribution in [1.29, 1.82) is 0 Å². The van der Waals surface area contributed by atoms with Gasteiger partial charge in [0, 0.05) is 18.1 Å². The van der Waals surface area contributed by atoms with Gasteiger partial charge in [0.2, 0.25) is 0 Å². The van der Waals surface area contributed by atoms with Crippen molar-refractivity contribution in [3.63, 3.8) is 0 Å². The van der Waals surface area contributed by atoms with Gasteiger partial charge in [-0.2, -0.15) is 5.10 Å². The molecule has 2 fully saturated rings. The molecule has 1 aliphatic heterocycles. The summed E-state index contributed by atoms with van der Waals surface area (Å²) in [6.45, 7) is 3.68. The topological polar surface area (TPSA) is 69.0 Å². The van der Waals surface area contributed by atoms with Crippen molar-refractivity contribution in [2.24, 2.45) is 5.41 Å². The molecule has 1 amide bonds. The minimum Gasteiger partial charge on any atom is -0.441 e. The fourth-order valence-corrected chi connectivity index (χ4v) is 4.06. The number of hydrogen-bond donors (Lipinski definition) is 1. The summed E-state index contributed by atoms with van der Waals surface area (Å²) in [6, 6.07) is 3.95. The first-order valence-electron chi connectivity index (χ1n) is 7.81. The quantitative estimate of drug-likeness (QED) is 0.925. The Bertz CT molecular complexity index is 728. The van der Waals surface area contributed by atoms with E-state index in [0.29, 0.717) is 6.54 Å². The van der Waals surface area contributed by atoms with Gasteiger partial charge >= 0.3 is 6.09 Å². The van der Waals surface area contributed by atoms with Gasteiger partial charge in [-0.05, 0) is 43.2 Å². The summed E-state index contributed by atoms with van der Waals surface area (Å²) < 4.78 is 7.58. The van der Waals surface area contributed by atoms with Crippen LogP contribution in [0.3, 0.4) is 0 Å². The summed E-state index contributed by atoms with van der Waals surface area (Å²) >= 11 is 0. The van der Waals surface area contributed by atoms with Gasteiger partial charge in [-0.3, -0.25) is 0 Å². The Balaban J connectivity index is 1.60. The van der Waals surface area contributed by atoms with Crippen LogP contribution in [0, 0.1) is 5.41 Å². The van der Waals surface area contributed by atoms with Gasteiger partial charge in [0.05, 0.1) is 12.7 Å². The highest BCUT2D eigenvalue weighted by Gasteiger charge is 2.48. The fraction of sp³-hybridized carbons (Fsp3) is 0.562. The molecule has 1 N–H and O–H groups in total. The van der Waals surface area contributed by atoms with Crippen LogP contribution in [0.15, 0.2) is 24.5 Å². The molecule has 116 valence electrons. The Morgan fingerprint density at radius 3 is 3.18 bits per heavy atom. The maximum Gasteiger partial charge on any atom is 0.407 e. The Morgan fingerprint density at radius 2 is 2.36 bits per heavy atom. The summed E-state index contributed by atoms with van der Waals surface area (Å²) in [4.78, 5) is 15.9. The number of carbonyl (C=O) groups is 1. The van der Waals surface area contributed by atoms with Crippen molar-refractivity contribution in [3.05, 3.63) is 24.5 Å². The summed E-state index contributed by atoms with van der Waals surface area (Å²) in [5.74, 6) is 0. The minimum atomic E-state index is -0.333. The minimum absolute atomic E-state index is 0.0566. The number of rotatable bonds is 2. The van der Waals surface area contributed by atoms with E-state index in [0.717, 1.165) is 43.3 Å². The maximum absolute atomic E-state index is 11.5. The smallest absolute Gasteiger partial charge is 0.407 e. The van der Waals surface area contributed by atoms with E-state index in [9.17, 15) is 4.79 Å². The standard InChI is InChI=1S/C16H20N4O2/c1-15(5-3-6-16(9-15)10-18-14(21)22-16)11-20-13-12(8-19-20)4-2-7-17-13/h2,4,7-8H,3,5-6,9-11H2,1H3,(H,18,21)/t15-,16?/m0/s1. The van der Waals surface area contributed by atoms with Crippen LogP contribution in [0.25, 0.3) is 11.0 Å². The molecule has 0 radical (unpaired) electrons. The first-order valence-corrected chi connectivity index (χ1v) is 7.81. The van der Waals surface area contributed by atoms with Gasteiger partial charge in [-0.25, -0.2) is 14.5 Å². The molecule has 2 aromatic rings. The van der Waals surface area contributed by atoms with E-state index in [4.69, 9.17) is 4.74 Å². The number of fused-ring (bicyclic) bond motifs is 1. The number of aromatic nitrogens is 3. The zero-order valence-corrected chi connectivity index (χ0v) is 12.7. The van der Waals surface area contributed by atoms with Gasteiger partial charge in [-0.15, -0.1) is 0 Å². The molecule has 6 nitrogen and oxygen atoms in total. The lowest BCUT2D eigenvalue weighted by atomic mass is 9.68. The van der Waals surface area contributed by atoms with Crippen molar-refractivity contribution < 1.29 is 9.53 Å². The van der Waals surface area contributed by atoms with E-state index < -0.39 is 0 Å². The molecule has 1 aliphatic carbocycles. The van der Waals surface area contributed by atoms with E-state index in [-0.39, 0.29) is 17.1 Å². The highest BCUT2D eigenvalue weighted by Crippen LogP contribution is 2.45. The zero-order chi connectivity index (χ0) is 15.2. The number of ether oxygens (including phenoxy) is 1. The average Bonchev–Trinajstić information content (AvgIpc) is 3.03. The van der Waals surface area contributed by atoms with Crippen LogP contribution in [0.4, 0.5) is 4.79 Å². The molecule has 6 heteroatoms. The van der Waals surface area contributed by atoms with Crippen molar-refractivity contribution in [2.75, 3.05) is 6.54 Å². The first-order chi connectivity index (χ1) is 10.6. The Hall–Kier alpha value is -2.11. The second-order valence-electron chi connectivity index (χ2n) is 6.99. The van der Waals surface area contributed by atoms with Crippen molar-refractivity contribution in [3.8, 4) is 0 Å². The third-order valence-corrected chi connectivity index (χ3v) is 4.95. The predicted octanol–water partition coefficient (Wildman–Crippen LogP) is 2.49. The Morgan fingerprint density at radius 1 is 1.45 bits per heavy atom. The molecule has 1 unspecified atom stereocenters. The van der Waals surface area contributed by atoms with Crippen LogP contribution >= 0.6 is 0 Å². The van der Waals surface area contributed by atoms with Gasteiger partial charge in [-0.1, -0.05) is 6.92 Å². The molecule has 22 heavy (non-hydrogen) atoms. The number of alkyl carbamates (subject to hydrolysis) is 1. The highest BCUT2D eigenvalue weighted by atomic mass is 16.6. The molecule has 2 aliphatic rings. The fourth-order valence-electron chi connectivity index (χ4n) is 4.06. The Kier molecular flexibility index (Phi) is 2.89. The normalized spacial score (nSPS) is 31.4. The van der Waals surface area contributed by atoms with Crippen LogP contribution in [0.1, 0.15) is 32.6 Å². The first kappa shape index (κ1) is 13.5. The maximum atomic E-state index is 11.5. The molecule has 2 atom stereocenters. The van der Waals surface area contributed by atoms with Crippen LogP contribution in [0.5, 0.6) is 0 Å². The third kappa shape index (κ3) is 2.23. The molecule has 0 aromatic carbocycles. The van der Waals surface area contributed by atoms with Gasteiger partial charge in [0.1, 0.15) is 5.60 Å². The second kappa shape index (κ2) is 4.69. The van der Waals surface area contributed by atoms with Crippen LogP contribution < -0.4 is 5.32 Å². The summed E-state index contributed by atoms with van der Waals surface area (Å²) in [5, 5.41) is 8.37. The largest absolute Gasteiger partial charge is 0.441 e. The molecule has 0 bridgehead atoms. The number of nitrogens with zero attached hydrogens (tertiary/aromatic N) is 3. The van der Waals surface area contributed by atoms with Gasteiger partial charge in [0.15, 0.2) is 5.65 Å². The number of nitrogens with one attached hydrogen (secondary N) is 1. The monoisotopic (exact) mass is 300 g/mol. The molecular formula is C16H20N4O2. The Labute approximate surface area is 128 Å². The number of amides is 1. The lowest BCUT2D eigenvalue weighted by Gasteiger charge is -2.42. The number of pyridine rings is 1. The van der Waals surface area contributed by atoms with E-state index in [1.165, 1.54) is 0 Å². The van der Waals surface area contributed by atoms with Crippen LogP contribution in [0.2, 0.25) is 0 Å². The zero-order valence-electron chi connectivity index (χ0n) is 12.7. The molecule has 2 aromatic heterocycles. The molecule has 1 saturated heterocycles. The van der Waals surface area contributed by atoms with Crippen molar-refractivity contribution >= 4 is 17.1 Å². The lowest BCUT2D eigenvalue weighted by molar-refractivity contribution is -0.0275. The molecule has 4 rings (SSSR count). The van der Waals surface area contributed by atoms with Crippen LogP contribution in [-0.2, 0) is 11.3 Å². The number of carbonyl (C=O) groups excluding carboxylic acids is 1. The van der Waals surface area contributed by atoms with E-state index in [2.05, 4.69) is 22.3 Å². The van der Waals surface area contributed by atoms with E-state index in [1.807, 2.05) is 23.0 Å². The second-order valence-corrected chi connectivity index (χ2v) is 6.99. The lowest BCUT2D eigenvalue weighted by Crippen LogP contribution is -2.44. The number of hydrogen-bond acceptors (Lipinski definition) is 4. The molecule has 1 saturated carbocycles. The third-order valence-electron chi connectivity index (χ3n) is 4.95. The highest BCUT2D eigenvalue weighted by molar-refractivity contribution is 5.73. The SMILES string of the molecule is C[C@]1(Cn2ncc3cccnc32)CCCC2(CNC(=O)O2)C1. The summed E-state index contributed by atoms with van der Waals surface area (Å²) in [6.07, 6.45) is 7.37. The van der Waals surface area contributed by atoms with Gasteiger partial charge in [0.25, 0.3) is 0 Å². The van der Waals surface area contributed by atoms with Crippen molar-refractivity contribution in [2.45, 2.75) is 44.8 Å². The predicted molar refractivity (Wildman–Crippen MR) is 81.3 cm³/mol. The summed E-state index contributed by atoms with van der Waals surface area (Å²) in [5.41, 5.74) is 0.645. The van der Waals surface area contributed by atoms with Crippen LogP contribution in [-0.4, -0.2) is 33.0 Å². The van der Waals surface area contributed by atoms with E-state index in [1.54, 1.807) is 6.20 Å². The molecular weight excluding hydrogens is 280 g/mol. The van der Waals surface area contributed by atoms with E-state index >= 15 is 0 Å². The molecule has 3 heterocycles. The van der Waals surface area contributed by atoms with Crippen molar-refractivity contribution in [1.82, 2.24) is 20.1 Å². The average molecular weight is 300 g/mol. The summed E-state index contributed by atoms with van der Waals surface area (Å²) in [7, 11) is 0. The van der Waals surface area contributed by atoms with Gasteiger partial charge < -0.3 is 10.1 Å². The molecule has 1 spiro atoms.